The molecule has 4 heterocycles. The van der Waals surface area contributed by atoms with Gasteiger partial charge in [-0.05, 0) is 30.7 Å². The van der Waals surface area contributed by atoms with Crippen LogP contribution in [0.25, 0.3) is 11.1 Å². The van der Waals surface area contributed by atoms with Gasteiger partial charge < -0.3 is 24.7 Å². The van der Waals surface area contributed by atoms with Crippen LogP contribution in [0, 0.1) is 0 Å². The zero-order valence-corrected chi connectivity index (χ0v) is 14.4. The van der Waals surface area contributed by atoms with Gasteiger partial charge in [-0.15, -0.1) is 0 Å². The summed E-state index contributed by atoms with van der Waals surface area (Å²) in [5.74, 6) is 0.788. The highest BCUT2D eigenvalue weighted by atomic mass is 16.6. The maximum absolute atomic E-state index is 12.5. The smallest absolute Gasteiger partial charge is 0.271 e. The van der Waals surface area contributed by atoms with Crippen molar-refractivity contribution >= 4 is 11.5 Å². The molecule has 0 aliphatic carbocycles. The first-order chi connectivity index (χ1) is 12.1. The molecule has 25 heavy (non-hydrogen) atoms. The summed E-state index contributed by atoms with van der Waals surface area (Å²) in [5, 5.41) is 3.04. The third-order valence-electron chi connectivity index (χ3n) is 5.19. The predicted octanol–water partition coefficient (Wildman–Crippen LogP) is 1.47. The second kappa shape index (κ2) is 6.16. The Morgan fingerprint density at radius 2 is 2.20 bits per heavy atom. The Hall–Kier alpha value is -2.38. The lowest BCUT2D eigenvalue weighted by atomic mass is 9.90. The molecule has 0 aromatic carbocycles. The van der Waals surface area contributed by atoms with E-state index in [1.807, 2.05) is 25.2 Å². The van der Waals surface area contributed by atoms with Crippen LogP contribution < -0.4 is 15.8 Å². The largest absolute Gasteiger partial charge is 0.375 e. The Labute approximate surface area is 146 Å². The molecule has 0 radical (unpaired) electrons. The minimum absolute atomic E-state index is 0.0802. The SMILES string of the molecule is CNc1cc(-c2c[nH]c(=O)c(N3CCOC4(COC4)[C@@H]3C)c2)ccn1. The van der Waals surface area contributed by atoms with E-state index in [1.54, 1.807) is 12.4 Å². The Bertz CT molecular complexity index is 831. The molecule has 2 N–H and O–H groups in total. The van der Waals surface area contributed by atoms with Crippen LogP contribution in [0.5, 0.6) is 0 Å². The third-order valence-corrected chi connectivity index (χ3v) is 5.19. The fourth-order valence-electron chi connectivity index (χ4n) is 3.50. The number of hydrogen-bond donors (Lipinski definition) is 2. The van der Waals surface area contributed by atoms with Crippen molar-refractivity contribution in [2.75, 3.05) is 43.6 Å². The number of hydrogen-bond acceptors (Lipinski definition) is 6. The number of nitrogens with zero attached hydrogens (tertiary/aromatic N) is 2. The summed E-state index contributed by atoms with van der Waals surface area (Å²) < 4.78 is 11.3. The molecule has 2 aromatic heterocycles. The fourth-order valence-corrected chi connectivity index (χ4v) is 3.50. The number of H-pyrrole nitrogens is 1. The molecule has 0 amide bonds. The minimum Gasteiger partial charge on any atom is -0.375 e. The van der Waals surface area contributed by atoms with Crippen molar-refractivity contribution in [1.82, 2.24) is 9.97 Å². The van der Waals surface area contributed by atoms with Gasteiger partial charge in [-0.25, -0.2) is 4.98 Å². The maximum Gasteiger partial charge on any atom is 0.271 e. The molecule has 7 nitrogen and oxygen atoms in total. The number of rotatable bonds is 3. The maximum atomic E-state index is 12.5. The predicted molar refractivity (Wildman–Crippen MR) is 96.2 cm³/mol. The van der Waals surface area contributed by atoms with E-state index >= 15 is 0 Å². The molecule has 7 heteroatoms. The highest BCUT2D eigenvalue weighted by molar-refractivity contribution is 5.69. The van der Waals surface area contributed by atoms with E-state index in [1.165, 1.54) is 0 Å². The van der Waals surface area contributed by atoms with Gasteiger partial charge in [0.1, 0.15) is 17.1 Å². The molecule has 0 unspecified atom stereocenters. The number of ether oxygens (including phenoxy) is 2. The summed E-state index contributed by atoms with van der Waals surface area (Å²) >= 11 is 0. The second-order valence-electron chi connectivity index (χ2n) is 6.56. The summed E-state index contributed by atoms with van der Waals surface area (Å²) in [5.41, 5.74) is 2.24. The van der Waals surface area contributed by atoms with Crippen molar-refractivity contribution in [2.45, 2.75) is 18.6 Å². The van der Waals surface area contributed by atoms with Crippen LogP contribution in [0.1, 0.15) is 6.92 Å². The van der Waals surface area contributed by atoms with Crippen LogP contribution >= 0.6 is 0 Å². The molecule has 2 aromatic rings. The monoisotopic (exact) mass is 342 g/mol. The molecule has 2 aliphatic rings. The molecule has 2 fully saturated rings. The van der Waals surface area contributed by atoms with E-state index in [0.29, 0.717) is 32.1 Å². The molecule has 0 bridgehead atoms. The number of nitrogens with one attached hydrogen (secondary N) is 2. The van der Waals surface area contributed by atoms with Crippen molar-refractivity contribution in [3.05, 3.63) is 40.9 Å². The lowest BCUT2D eigenvalue weighted by Crippen LogP contribution is -2.68. The van der Waals surface area contributed by atoms with Crippen molar-refractivity contribution in [3.63, 3.8) is 0 Å². The van der Waals surface area contributed by atoms with Crippen molar-refractivity contribution in [1.29, 1.82) is 0 Å². The van der Waals surface area contributed by atoms with E-state index in [2.05, 4.69) is 27.1 Å². The van der Waals surface area contributed by atoms with Gasteiger partial charge in [0.05, 0.1) is 25.9 Å². The topological polar surface area (TPSA) is 79.5 Å². The van der Waals surface area contributed by atoms with Crippen LogP contribution in [-0.4, -0.2) is 55.0 Å². The summed E-state index contributed by atoms with van der Waals surface area (Å²) in [7, 11) is 1.83. The standard InChI is InChI=1S/C18H22N4O3/c1-12-18(10-24-11-18)25-6-5-22(12)15-7-14(9-21-17(15)23)13-3-4-20-16(8-13)19-2/h3-4,7-9,12H,5-6,10-11H2,1-2H3,(H,19,20)(H,21,23)/t12-/m0/s1. The van der Waals surface area contributed by atoms with Crippen LogP contribution in [0.2, 0.25) is 0 Å². The van der Waals surface area contributed by atoms with Gasteiger partial charge in [0, 0.05) is 31.5 Å². The zero-order valence-electron chi connectivity index (χ0n) is 14.4. The lowest BCUT2D eigenvalue weighted by Gasteiger charge is -2.53. The van der Waals surface area contributed by atoms with Gasteiger partial charge in [-0.1, -0.05) is 0 Å². The number of anilines is 2. The van der Waals surface area contributed by atoms with Gasteiger partial charge in [-0.3, -0.25) is 4.79 Å². The van der Waals surface area contributed by atoms with Gasteiger partial charge >= 0.3 is 0 Å². The van der Waals surface area contributed by atoms with Gasteiger partial charge in [0.15, 0.2) is 0 Å². The van der Waals surface area contributed by atoms with E-state index in [4.69, 9.17) is 9.47 Å². The van der Waals surface area contributed by atoms with E-state index < -0.39 is 0 Å². The van der Waals surface area contributed by atoms with Crippen LogP contribution in [-0.2, 0) is 9.47 Å². The second-order valence-corrected chi connectivity index (χ2v) is 6.56. The zero-order chi connectivity index (χ0) is 17.4. The Morgan fingerprint density at radius 3 is 2.92 bits per heavy atom. The van der Waals surface area contributed by atoms with E-state index in [0.717, 1.165) is 16.9 Å². The van der Waals surface area contributed by atoms with Crippen LogP contribution in [0.15, 0.2) is 35.4 Å². The number of pyridine rings is 2. The van der Waals surface area contributed by atoms with Crippen LogP contribution in [0.3, 0.4) is 0 Å². The summed E-state index contributed by atoms with van der Waals surface area (Å²) in [6.45, 7) is 4.54. The summed E-state index contributed by atoms with van der Waals surface area (Å²) in [6, 6.07) is 5.92. The first kappa shape index (κ1) is 16.1. The Kier molecular flexibility index (Phi) is 3.97. The molecule has 2 saturated heterocycles. The number of morpholine rings is 1. The molecule has 1 atom stereocenters. The van der Waals surface area contributed by atoms with Gasteiger partial charge in [0.25, 0.3) is 5.56 Å². The highest BCUT2D eigenvalue weighted by Crippen LogP contribution is 2.34. The van der Waals surface area contributed by atoms with E-state index in [9.17, 15) is 4.79 Å². The van der Waals surface area contributed by atoms with Crippen molar-refractivity contribution in [2.24, 2.45) is 0 Å². The molecular weight excluding hydrogens is 320 g/mol. The molecule has 1 spiro atoms. The van der Waals surface area contributed by atoms with E-state index in [-0.39, 0.29) is 17.2 Å². The fraction of sp³-hybridized carbons (Fsp3) is 0.444. The molecule has 0 saturated carbocycles. The number of aromatic nitrogens is 2. The Morgan fingerprint density at radius 1 is 1.36 bits per heavy atom. The average molecular weight is 342 g/mol. The first-order valence-corrected chi connectivity index (χ1v) is 8.48. The minimum atomic E-state index is -0.295. The van der Waals surface area contributed by atoms with Crippen molar-refractivity contribution in [3.8, 4) is 11.1 Å². The molecule has 4 rings (SSSR count). The highest BCUT2D eigenvalue weighted by Gasteiger charge is 2.50. The summed E-state index contributed by atoms with van der Waals surface area (Å²) in [4.78, 5) is 21.7. The lowest BCUT2D eigenvalue weighted by molar-refractivity contribution is -0.228. The average Bonchev–Trinajstić information content (AvgIpc) is 2.61. The molecule has 132 valence electrons. The number of aromatic amines is 1. The normalized spacial score (nSPS) is 21.8. The third kappa shape index (κ3) is 2.69. The van der Waals surface area contributed by atoms with Gasteiger partial charge in [0.2, 0.25) is 0 Å². The molecular formula is C18H22N4O3. The molecule has 2 aliphatic heterocycles. The Balaban J connectivity index is 1.71. The quantitative estimate of drug-likeness (QED) is 0.879. The van der Waals surface area contributed by atoms with Crippen LogP contribution in [0.4, 0.5) is 11.5 Å². The van der Waals surface area contributed by atoms with Gasteiger partial charge in [-0.2, -0.15) is 0 Å². The van der Waals surface area contributed by atoms with Crippen molar-refractivity contribution < 1.29 is 9.47 Å². The summed E-state index contributed by atoms with van der Waals surface area (Å²) in [6.07, 6.45) is 3.50. The first-order valence-electron chi connectivity index (χ1n) is 8.48.